The Morgan fingerprint density at radius 3 is 2.90 bits per heavy atom. The number of aromatic nitrogens is 1. The SMILES string of the molecule is Cc1nc(C)c(CNC(=O)N2CCC3CCCCC32)s1. The van der Waals surface area contributed by atoms with Gasteiger partial charge in [0.2, 0.25) is 0 Å². The highest BCUT2D eigenvalue weighted by Crippen LogP contribution is 2.36. The van der Waals surface area contributed by atoms with Gasteiger partial charge in [0, 0.05) is 17.5 Å². The third kappa shape index (κ3) is 2.68. The Labute approximate surface area is 124 Å². The summed E-state index contributed by atoms with van der Waals surface area (Å²) in [5, 5.41) is 4.16. The smallest absolute Gasteiger partial charge is 0.317 e. The van der Waals surface area contributed by atoms with Gasteiger partial charge in [-0.15, -0.1) is 11.3 Å². The summed E-state index contributed by atoms with van der Waals surface area (Å²) in [6.07, 6.45) is 6.31. The van der Waals surface area contributed by atoms with E-state index in [2.05, 4.69) is 15.2 Å². The number of hydrogen-bond acceptors (Lipinski definition) is 3. The number of amides is 2. The Morgan fingerprint density at radius 1 is 1.35 bits per heavy atom. The molecular weight excluding hydrogens is 270 g/mol. The van der Waals surface area contributed by atoms with E-state index in [1.807, 2.05) is 13.8 Å². The van der Waals surface area contributed by atoms with Crippen molar-refractivity contribution in [3.05, 3.63) is 15.6 Å². The minimum Gasteiger partial charge on any atom is -0.333 e. The molecule has 2 atom stereocenters. The van der Waals surface area contributed by atoms with Crippen LogP contribution in [0.2, 0.25) is 0 Å². The van der Waals surface area contributed by atoms with Crippen molar-refractivity contribution >= 4 is 17.4 Å². The normalized spacial score (nSPS) is 25.6. The Balaban J connectivity index is 1.58. The predicted molar refractivity (Wildman–Crippen MR) is 80.9 cm³/mol. The van der Waals surface area contributed by atoms with Crippen molar-refractivity contribution in [2.45, 2.75) is 58.5 Å². The summed E-state index contributed by atoms with van der Waals surface area (Å²) in [5.41, 5.74) is 1.05. The molecule has 3 rings (SSSR count). The molecule has 2 unspecified atom stereocenters. The van der Waals surface area contributed by atoms with Crippen LogP contribution in [0.5, 0.6) is 0 Å². The fourth-order valence-corrected chi connectivity index (χ4v) is 4.53. The first kappa shape index (κ1) is 13.9. The molecule has 2 heterocycles. The van der Waals surface area contributed by atoms with E-state index < -0.39 is 0 Å². The molecule has 20 heavy (non-hydrogen) atoms. The minimum atomic E-state index is 0.116. The van der Waals surface area contributed by atoms with Crippen molar-refractivity contribution in [3.63, 3.8) is 0 Å². The monoisotopic (exact) mass is 293 g/mol. The molecular formula is C15H23N3OS. The minimum absolute atomic E-state index is 0.116. The Hall–Kier alpha value is -1.10. The largest absolute Gasteiger partial charge is 0.333 e. The van der Waals surface area contributed by atoms with Crippen LogP contribution in [-0.2, 0) is 6.54 Å². The zero-order chi connectivity index (χ0) is 14.1. The van der Waals surface area contributed by atoms with Crippen LogP contribution in [0.25, 0.3) is 0 Å². The highest BCUT2D eigenvalue weighted by atomic mass is 32.1. The van der Waals surface area contributed by atoms with Gasteiger partial charge in [0.25, 0.3) is 0 Å². The maximum Gasteiger partial charge on any atom is 0.317 e. The van der Waals surface area contributed by atoms with Gasteiger partial charge < -0.3 is 10.2 Å². The fraction of sp³-hybridized carbons (Fsp3) is 0.733. The molecule has 2 aliphatic rings. The molecule has 1 saturated heterocycles. The van der Waals surface area contributed by atoms with Gasteiger partial charge in [-0.2, -0.15) is 0 Å². The molecule has 2 amide bonds. The molecule has 1 aromatic rings. The van der Waals surface area contributed by atoms with Gasteiger partial charge in [-0.3, -0.25) is 0 Å². The average Bonchev–Trinajstić information content (AvgIpc) is 2.99. The van der Waals surface area contributed by atoms with Crippen molar-refractivity contribution in [2.24, 2.45) is 5.92 Å². The third-order valence-electron chi connectivity index (χ3n) is 4.67. The number of hydrogen-bond donors (Lipinski definition) is 1. The van der Waals surface area contributed by atoms with E-state index >= 15 is 0 Å². The van der Waals surface area contributed by atoms with Gasteiger partial charge >= 0.3 is 6.03 Å². The van der Waals surface area contributed by atoms with E-state index in [1.54, 1.807) is 11.3 Å². The third-order valence-corrected chi connectivity index (χ3v) is 5.74. The van der Waals surface area contributed by atoms with Crippen molar-refractivity contribution in [3.8, 4) is 0 Å². The highest BCUT2D eigenvalue weighted by Gasteiger charge is 2.38. The molecule has 1 aliphatic carbocycles. The Morgan fingerprint density at radius 2 is 2.15 bits per heavy atom. The first-order chi connectivity index (χ1) is 9.65. The first-order valence-corrected chi connectivity index (χ1v) is 8.44. The molecule has 110 valence electrons. The number of aryl methyl sites for hydroxylation is 2. The van der Waals surface area contributed by atoms with Gasteiger partial charge in [0.15, 0.2) is 0 Å². The molecule has 0 radical (unpaired) electrons. The van der Waals surface area contributed by atoms with Gasteiger partial charge in [0.1, 0.15) is 0 Å². The number of likely N-dealkylation sites (tertiary alicyclic amines) is 1. The average molecular weight is 293 g/mol. The lowest BCUT2D eigenvalue weighted by molar-refractivity contribution is 0.169. The van der Waals surface area contributed by atoms with Crippen molar-refractivity contribution in [2.75, 3.05) is 6.54 Å². The lowest BCUT2D eigenvalue weighted by Gasteiger charge is -2.31. The molecule has 2 fully saturated rings. The number of thiazole rings is 1. The van der Waals surface area contributed by atoms with Gasteiger partial charge in [-0.1, -0.05) is 12.8 Å². The van der Waals surface area contributed by atoms with E-state index in [9.17, 15) is 4.79 Å². The maximum absolute atomic E-state index is 12.4. The highest BCUT2D eigenvalue weighted by molar-refractivity contribution is 7.11. The zero-order valence-electron chi connectivity index (χ0n) is 12.3. The second-order valence-electron chi connectivity index (χ2n) is 5.99. The number of fused-ring (bicyclic) bond motifs is 1. The molecule has 5 heteroatoms. The Bertz CT molecular complexity index is 499. The Kier molecular flexibility index (Phi) is 3.96. The summed E-state index contributed by atoms with van der Waals surface area (Å²) in [4.78, 5) is 20.0. The van der Waals surface area contributed by atoms with Crippen LogP contribution in [0.4, 0.5) is 4.79 Å². The van der Waals surface area contributed by atoms with Crippen LogP contribution in [-0.4, -0.2) is 28.5 Å². The van der Waals surface area contributed by atoms with E-state index in [-0.39, 0.29) is 6.03 Å². The topological polar surface area (TPSA) is 45.2 Å². The molecule has 1 saturated carbocycles. The van der Waals surface area contributed by atoms with Crippen LogP contribution >= 0.6 is 11.3 Å². The quantitative estimate of drug-likeness (QED) is 0.910. The number of urea groups is 1. The van der Waals surface area contributed by atoms with E-state index in [4.69, 9.17) is 0 Å². The second kappa shape index (κ2) is 5.72. The van der Waals surface area contributed by atoms with Crippen LogP contribution in [0.3, 0.4) is 0 Å². The summed E-state index contributed by atoms with van der Waals surface area (Å²) in [6.45, 7) is 5.57. The second-order valence-corrected chi connectivity index (χ2v) is 7.28. The summed E-state index contributed by atoms with van der Waals surface area (Å²) in [7, 11) is 0. The van der Waals surface area contributed by atoms with E-state index in [1.165, 1.54) is 37.0 Å². The first-order valence-electron chi connectivity index (χ1n) is 7.62. The van der Waals surface area contributed by atoms with Crippen LogP contribution in [0.15, 0.2) is 0 Å². The van der Waals surface area contributed by atoms with Gasteiger partial charge in [0.05, 0.1) is 17.2 Å². The molecule has 4 nitrogen and oxygen atoms in total. The van der Waals surface area contributed by atoms with Crippen molar-refractivity contribution in [1.82, 2.24) is 15.2 Å². The van der Waals surface area contributed by atoms with Gasteiger partial charge in [-0.25, -0.2) is 9.78 Å². The lowest BCUT2D eigenvalue weighted by atomic mass is 9.85. The maximum atomic E-state index is 12.4. The molecule has 1 N–H and O–H groups in total. The lowest BCUT2D eigenvalue weighted by Crippen LogP contribution is -2.44. The standard InChI is InChI=1S/C15H23N3OS/c1-10-14(20-11(2)17-10)9-16-15(19)18-8-7-12-5-3-4-6-13(12)18/h12-13H,3-9H2,1-2H3,(H,16,19). The number of rotatable bonds is 2. The number of carbonyl (C=O) groups excluding carboxylic acids is 1. The van der Waals surface area contributed by atoms with E-state index in [0.717, 1.165) is 23.2 Å². The van der Waals surface area contributed by atoms with Crippen molar-refractivity contribution < 1.29 is 4.79 Å². The molecule has 1 aliphatic heterocycles. The van der Waals surface area contributed by atoms with Crippen LogP contribution < -0.4 is 5.32 Å². The number of carbonyl (C=O) groups is 1. The fourth-order valence-electron chi connectivity index (χ4n) is 3.65. The molecule has 0 bridgehead atoms. The summed E-state index contributed by atoms with van der Waals surface area (Å²) in [6, 6.07) is 0.609. The number of nitrogens with one attached hydrogen (secondary N) is 1. The predicted octanol–water partition coefficient (Wildman–Crippen LogP) is 3.23. The molecule has 0 aromatic carbocycles. The summed E-state index contributed by atoms with van der Waals surface area (Å²) < 4.78 is 0. The summed E-state index contributed by atoms with van der Waals surface area (Å²) in [5.74, 6) is 0.752. The molecule has 0 spiro atoms. The van der Waals surface area contributed by atoms with Crippen LogP contribution in [0, 0.1) is 19.8 Å². The van der Waals surface area contributed by atoms with E-state index in [0.29, 0.717) is 12.6 Å². The summed E-state index contributed by atoms with van der Waals surface area (Å²) >= 11 is 1.68. The van der Waals surface area contributed by atoms with Crippen LogP contribution in [0.1, 0.15) is 47.7 Å². The zero-order valence-corrected chi connectivity index (χ0v) is 13.1. The van der Waals surface area contributed by atoms with Crippen molar-refractivity contribution in [1.29, 1.82) is 0 Å². The van der Waals surface area contributed by atoms with Gasteiger partial charge in [-0.05, 0) is 39.0 Å². The number of nitrogens with zero attached hydrogens (tertiary/aromatic N) is 2. The molecule has 1 aromatic heterocycles.